The van der Waals surface area contributed by atoms with Crippen LogP contribution in [-0.4, -0.2) is 8.45 Å². The summed E-state index contributed by atoms with van der Waals surface area (Å²) in [5.74, 6) is 0.370. The van der Waals surface area contributed by atoms with Crippen LogP contribution in [0.25, 0.3) is 0 Å². The Morgan fingerprint density at radius 1 is 1.14 bits per heavy atom. The summed E-state index contributed by atoms with van der Waals surface area (Å²) in [6.07, 6.45) is 0. The van der Waals surface area contributed by atoms with Crippen LogP contribution in [0.5, 0.6) is 0 Å². The summed E-state index contributed by atoms with van der Waals surface area (Å²) >= 11 is 8.13. The molecule has 0 aliphatic carbocycles. The maximum absolute atomic E-state index is 12.8. The quantitative estimate of drug-likeness (QED) is 0.338. The van der Waals surface area contributed by atoms with Gasteiger partial charge in [0.1, 0.15) is 9.35 Å². The highest BCUT2D eigenvalue weighted by Gasteiger charge is 2.06. The molecule has 0 atom stereocenters. The van der Waals surface area contributed by atoms with E-state index in [-0.39, 0.29) is 11.5 Å². The highest BCUT2D eigenvalue weighted by atomic mass is 32.2. The second kappa shape index (κ2) is 7.53. The number of nitro groups is 1. The van der Waals surface area contributed by atoms with E-state index in [1.165, 1.54) is 47.8 Å². The average molecular weight is 339 g/mol. The van der Waals surface area contributed by atoms with Gasteiger partial charge < -0.3 is 0 Å². The molecule has 0 saturated carbocycles. The third-order valence-electron chi connectivity index (χ3n) is 2.52. The van der Waals surface area contributed by atoms with Crippen LogP contribution < -0.4 is 0 Å². The molecule has 0 bridgehead atoms. The van der Waals surface area contributed by atoms with Gasteiger partial charge in [-0.3, -0.25) is 10.1 Å². The highest BCUT2D eigenvalue weighted by Crippen LogP contribution is 2.28. The van der Waals surface area contributed by atoms with E-state index in [0.717, 1.165) is 14.0 Å². The molecule has 0 saturated heterocycles. The topological polar surface area (TPSA) is 43.1 Å². The molecule has 21 heavy (non-hydrogen) atoms. The zero-order valence-electron chi connectivity index (χ0n) is 10.7. The van der Waals surface area contributed by atoms with Crippen LogP contribution in [0.1, 0.15) is 5.56 Å². The SMILES string of the molecule is O=[N+]([O-])c1ccc(CSC(=S)Sc2ccc(F)cc2)cc1. The van der Waals surface area contributed by atoms with E-state index in [0.29, 0.717) is 5.75 Å². The summed E-state index contributed by atoms with van der Waals surface area (Å²) in [7, 11) is 0. The molecule has 2 rings (SSSR count). The molecule has 0 N–H and O–H groups in total. The standard InChI is InChI=1S/C14H10FNO2S3/c15-11-3-7-13(8-4-11)21-14(19)20-9-10-1-5-12(6-2-10)16(17)18/h1-8H,9H2. The van der Waals surface area contributed by atoms with Gasteiger partial charge in [-0.1, -0.05) is 36.1 Å². The van der Waals surface area contributed by atoms with E-state index in [2.05, 4.69) is 0 Å². The Bertz CT molecular complexity index is 644. The number of benzene rings is 2. The van der Waals surface area contributed by atoms with Gasteiger partial charge in [-0.25, -0.2) is 4.39 Å². The molecule has 0 heterocycles. The zero-order valence-corrected chi connectivity index (χ0v) is 13.1. The van der Waals surface area contributed by atoms with Gasteiger partial charge >= 0.3 is 0 Å². The minimum absolute atomic E-state index is 0.0759. The van der Waals surface area contributed by atoms with Crippen LogP contribution in [0.3, 0.4) is 0 Å². The van der Waals surface area contributed by atoms with Crippen molar-refractivity contribution in [3.63, 3.8) is 0 Å². The van der Waals surface area contributed by atoms with Crippen molar-refractivity contribution in [1.82, 2.24) is 0 Å². The van der Waals surface area contributed by atoms with Crippen molar-refractivity contribution in [2.24, 2.45) is 0 Å². The summed E-state index contributed by atoms with van der Waals surface area (Å²) in [5.41, 5.74) is 1.04. The van der Waals surface area contributed by atoms with Crippen molar-refractivity contribution in [2.75, 3.05) is 0 Å². The number of thioether (sulfide) groups is 2. The molecule has 0 aromatic heterocycles. The molecule has 0 aliphatic rings. The minimum atomic E-state index is -0.425. The van der Waals surface area contributed by atoms with Crippen LogP contribution in [-0.2, 0) is 5.75 Å². The Morgan fingerprint density at radius 2 is 1.76 bits per heavy atom. The number of nitrogens with zero attached hydrogens (tertiary/aromatic N) is 1. The number of non-ortho nitro benzene ring substituents is 1. The number of hydrogen-bond acceptors (Lipinski definition) is 5. The van der Waals surface area contributed by atoms with Gasteiger partial charge in [-0.05, 0) is 29.8 Å². The third-order valence-corrected chi connectivity index (χ3v) is 5.11. The van der Waals surface area contributed by atoms with E-state index >= 15 is 0 Å². The van der Waals surface area contributed by atoms with Crippen molar-refractivity contribution in [1.29, 1.82) is 0 Å². The van der Waals surface area contributed by atoms with Gasteiger partial charge in [-0.2, -0.15) is 0 Å². The predicted octanol–water partition coefficient (Wildman–Crippen LogP) is 5.04. The number of rotatable bonds is 4. The number of thiocarbonyl (C=S) groups is 1. The average Bonchev–Trinajstić information content (AvgIpc) is 2.48. The van der Waals surface area contributed by atoms with Crippen molar-refractivity contribution in [2.45, 2.75) is 10.6 Å². The lowest BCUT2D eigenvalue weighted by molar-refractivity contribution is -0.384. The maximum atomic E-state index is 12.8. The second-order valence-electron chi connectivity index (χ2n) is 4.02. The second-order valence-corrected chi connectivity index (χ2v) is 7.27. The lowest BCUT2D eigenvalue weighted by Crippen LogP contribution is -1.89. The molecule has 2 aromatic carbocycles. The lowest BCUT2D eigenvalue weighted by atomic mass is 10.2. The van der Waals surface area contributed by atoms with Gasteiger partial charge in [-0.15, -0.1) is 11.8 Å². The molecule has 0 spiro atoms. The summed E-state index contributed by atoms with van der Waals surface area (Å²) in [5, 5.41) is 10.6. The van der Waals surface area contributed by atoms with Gasteiger partial charge in [0, 0.05) is 22.8 Å². The molecule has 0 fully saturated rings. The predicted molar refractivity (Wildman–Crippen MR) is 89.2 cm³/mol. The molecule has 0 radical (unpaired) electrons. The Hall–Kier alpha value is -1.44. The summed E-state index contributed by atoms with van der Waals surface area (Å²) < 4.78 is 13.5. The first-order valence-electron chi connectivity index (χ1n) is 5.88. The summed E-state index contributed by atoms with van der Waals surface area (Å²) in [4.78, 5) is 11.0. The first kappa shape index (κ1) is 15.9. The number of hydrogen-bond donors (Lipinski definition) is 0. The fourth-order valence-electron chi connectivity index (χ4n) is 1.48. The van der Waals surface area contributed by atoms with Crippen molar-refractivity contribution in [3.8, 4) is 0 Å². The normalized spacial score (nSPS) is 10.3. The van der Waals surface area contributed by atoms with Gasteiger partial charge in [0.25, 0.3) is 5.69 Å². The Kier molecular flexibility index (Phi) is 5.72. The zero-order chi connectivity index (χ0) is 15.2. The van der Waals surface area contributed by atoms with Crippen LogP contribution in [0.15, 0.2) is 53.4 Å². The van der Waals surface area contributed by atoms with Crippen LogP contribution in [0, 0.1) is 15.9 Å². The largest absolute Gasteiger partial charge is 0.269 e. The first-order valence-corrected chi connectivity index (χ1v) is 8.09. The number of halogens is 1. The van der Waals surface area contributed by atoms with Crippen molar-refractivity contribution in [3.05, 3.63) is 70.0 Å². The Morgan fingerprint density at radius 3 is 2.33 bits per heavy atom. The molecule has 3 nitrogen and oxygen atoms in total. The first-order chi connectivity index (χ1) is 10.0. The molecule has 0 aliphatic heterocycles. The van der Waals surface area contributed by atoms with Crippen LogP contribution in [0.4, 0.5) is 10.1 Å². The third kappa shape index (κ3) is 5.11. The molecular formula is C14H10FNO2S3. The van der Waals surface area contributed by atoms with Crippen molar-refractivity contribution < 1.29 is 9.31 Å². The van der Waals surface area contributed by atoms with E-state index in [9.17, 15) is 14.5 Å². The van der Waals surface area contributed by atoms with Crippen LogP contribution >= 0.6 is 35.7 Å². The molecule has 108 valence electrons. The van der Waals surface area contributed by atoms with Gasteiger partial charge in [0.05, 0.1) is 4.92 Å². The van der Waals surface area contributed by atoms with E-state index in [1.807, 2.05) is 0 Å². The van der Waals surface area contributed by atoms with Gasteiger partial charge in [0.15, 0.2) is 0 Å². The summed E-state index contributed by atoms with van der Waals surface area (Å²) in [6, 6.07) is 12.5. The van der Waals surface area contributed by atoms with Crippen molar-refractivity contribution >= 4 is 45.0 Å². The minimum Gasteiger partial charge on any atom is -0.258 e. The Balaban J connectivity index is 1.86. The fraction of sp³-hybridized carbons (Fsp3) is 0.0714. The van der Waals surface area contributed by atoms with E-state index in [1.54, 1.807) is 24.3 Å². The fourth-order valence-corrected chi connectivity index (χ4v) is 3.59. The smallest absolute Gasteiger partial charge is 0.258 e. The van der Waals surface area contributed by atoms with Crippen LogP contribution in [0.2, 0.25) is 0 Å². The highest BCUT2D eigenvalue weighted by molar-refractivity contribution is 8.46. The number of nitro benzene ring substituents is 1. The van der Waals surface area contributed by atoms with Gasteiger partial charge in [0.2, 0.25) is 0 Å². The molecule has 2 aromatic rings. The molecule has 7 heteroatoms. The lowest BCUT2D eigenvalue weighted by Gasteiger charge is -2.04. The van der Waals surface area contributed by atoms with E-state index < -0.39 is 4.92 Å². The maximum Gasteiger partial charge on any atom is 0.269 e. The molecular weight excluding hydrogens is 329 g/mol. The monoisotopic (exact) mass is 339 g/mol. The molecule has 0 unspecified atom stereocenters. The Labute approximate surface area is 135 Å². The van der Waals surface area contributed by atoms with E-state index in [4.69, 9.17) is 12.2 Å². The molecule has 0 amide bonds. The summed E-state index contributed by atoms with van der Waals surface area (Å²) in [6.45, 7) is 0.